The number of anilines is 1. The van der Waals surface area contributed by atoms with Crippen LogP contribution < -0.4 is 3.94 Å². The molecule has 1 aromatic carbocycles. The highest BCUT2D eigenvalue weighted by Gasteiger charge is 1.93. The van der Waals surface area contributed by atoms with Gasteiger partial charge in [-0.15, -0.1) is 0 Å². The fraction of sp³-hybridized carbons (Fsp3) is 0. The van der Waals surface area contributed by atoms with Gasteiger partial charge in [0.05, 0.1) is 9.80 Å². The van der Waals surface area contributed by atoms with Crippen molar-refractivity contribution < 1.29 is 4.11 Å². The van der Waals surface area contributed by atoms with E-state index in [2.05, 4.69) is 0 Å². The van der Waals surface area contributed by atoms with Gasteiger partial charge in [0.1, 0.15) is 0 Å². The zero-order chi connectivity index (χ0) is 9.30. The minimum absolute atomic E-state index is 0.0149. The Morgan fingerprint density at radius 3 is 2.89 bits per heavy atom. The second kappa shape index (κ2) is 2.95. The average Bonchev–Trinajstić information content (AvgIpc) is 2.00. The van der Waals surface area contributed by atoms with E-state index in [9.17, 15) is 0 Å². The third kappa shape index (κ3) is 1.77. The predicted molar refractivity (Wildman–Crippen MR) is 40.6 cm³/mol. The van der Waals surface area contributed by atoms with Crippen LogP contribution in [0.15, 0.2) is 30.3 Å². The predicted octanol–water partition coefficient (Wildman–Crippen LogP) is 2.80. The van der Waals surface area contributed by atoms with E-state index in [1.54, 1.807) is 0 Å². The largest absolute Gasteiger partial charge is 0.194 e. The Morgan fingerprint density at radius 1 is 1.44 bits per heavy atom. The Hall–Kier alpha value is -0.400. The van der Waals surface area contributed by atoms with Gasteiger partial charge in [0, 0.05) is 23.6 Å². The highest BCUT2D eigenvalue weighted by Crippen LogP contribution is 2.16. The average molecular weight is 165 g/mol. The molecule has 0 aliphatic carbocycles. The van der Waals surface area contributed by atoms with Crippen molar-refractivity contribution in [2.24, 2.45) is 0 Å². The van der Waals surface area contributed by atoms with E-state index in [4.69, 9.17) is 27.7 Å². The third-order valence-corrected chi connectivity index (χ3v) is 1.13. The van der Waals surface area contributed by atoms with Gasteiger partial charge in [-0.25, -0.2) is 0 Å². The van der Waals surface area contributed by atoms with E-state index < -0.39 is 0 Å². The van der Waals surface area contributed by atoms with Crippen molar-refractivity contribution in [1.82, 2.24) is 0 Å². The summed E-state index contributed by atoms with van der Waals surface area (Å²) in [6.07, 6.45) is 0. The lowest BCUT2D eigenvalue weighted by Crippen LogP contribution is -1.89. The molecule has 0 aliphatic heterocycles. The standard InChI is InChI=1S/C6H5Cl2N/c7-9(8)6-4-2-1-3-5-6/h1-5H/i1D,2D,4D. The summed E-state index contributed by atoms with van der Waals surface area (Å²) in [5.74, 6) is 0. The Labute approximate surface area is 68.2 Å². The van der Waals surface area contributed by atoms with Crippen molar-refractivity contribution in [3.8, 4) is 0 Å². The van der Waals surface area contributed by atoms with Gasteiger partial charge < -0.3 is 0 Å². The van der Waals surface area contributed by atoms with E-state index in [0.29, 0.717) is 3.94 Å². The first-order valence-electron chi connectivity index (χ1n) is 3.72. The van der Waals surface area contributed by atoms with Gasteiger partial charge in [0.15, 0.2) is 0 Å². The molecule has 0 aliphatic rings. The summed E-state index contributed by atoms with van der Waals surface area (Å²) in [5, 5.41) is 0. The van der Waals surface area contributed by atoms with Crippen molar-refractivity contribution in [3.05, 3.63) is 30.3 Å². The zero-order valence-corrected chi connectivity index (χ0v) is 5.87. The van der Waals surface area contributed by atoms with Crippen LogP contribution in [0, 0.1) is 0 Å². The molecule has 0 radical (unpaired) electrons. The molecule has 0 fully saturated rings. The fourth-order valence-corrected chi connectivity index (χ4v) is 0.600. The van der Waals surface area contributed by atoms with Gasteiger partial charge in [0.2, 0.25) is 0 Å². The van der Waals surface area contributed by atoms with Crippen molar-refractivity contribution >= 4 is 29.2 Å². The van der Waals surface area contributed by atoms with Crippen LogP contribution in [0.4, 0.5) is 5.69 Å². The van der Waals surface area contributed by atoms with Crippen molar-refractivity contribution in [2.75, 3.05) is 3.94 Å². The first-order valence-corrected chi connectivity index (χ1v) is 2.90. The monoisotopic (exact) mass is 164 g/mol. The lowest BCUT2D eigenvalue weighted by Gasteiger charge is -2.02. The maximum absolute atomic E-state index is 7.35. The summed E-state index contributed by atoms with van der Waals surface area (Å²) in [6, 6.07) is 2.45. The lowest BCUT2D eigenvalue weighted by molar-refractivity contribution is 1.58. The Kier molecular flexibility index (Phi) is 1.21. The minimum atomic E-state index is -0.182. The second-order valence-corrected chi connectivity index (χ2v) is 2.19. The van der Waals surface area contributed by atoms with Gasteiger partial charge >= 0.3 is 0 Å². The van der Waals surface area contributed by atoms with Gasteiger partial charge in [-0.05, 0) is 12.1 Å². The third-order valence-electron chi connectivity index (χ3n) is 0.769. The summed E-state index contributed by atoms with van der Waals surface area (Å²) in [7, 11) is 0. The summed E-state index contributed by atoms with van der Waals surface area (Å²) in [5.41, 5.74) is 0.208. The fourth-order valence-electron chi connectivity index (χ4n) is 0.403. The molecule has 3 heteroatoms. The number of nitrogens with zero attached hydrogens (tertiary/aromatic N) is 1. The maximum atomic E-state index is 7.35. The summed E-state index contributed by atoms with van der Waals surface area (Å²) < 4.78 is 22.5. The highest BCUT2D eigenvalue weighted by molar-refractivity contribution is 6.49. The molecule has 0 aromatic heterocycles. The zero-order valence-electron chi connectivity index (χ0n) is 7.36. The molecule has 1 aromatic rings. The Morgan fingerprint density at radius 2 is 2.22 bits per heavy atom. The van der Waals surface area contributed by atoms with Crippen LogP contribution >= 0.6 is 23.6 Å². The number of rotatable bonds is 1. The van der Waals surface area contributed by atoms with E-state index in [1.807, 2.05) is 0 Å². The maximum Gasteiger partial charge on any atom is 0.0709 e. The summed E-state index contributed by atoms with van der Waals surface area (Å²) in [4.78, 5) is 0. The van der Waals surface area contributed by atoms with E-state index in [-0.39, 0.29) is 23.8 Å². The van der Waals surface area contributed by atoms with Crippen LogP contribution in [0.5, 0.6) is 0 Å². The van der Waals surface area contributed by atoms with Crippen LogP contribution in [0.2, 0.25) is 0 Å². The van der Waals surface area contributed by atoms with Gasteiger partial charge in [-0.3, -0.25) is 0 Å². The van der Waals surface area contributed by atoms with E-state index in [0.717, 1.165) is 0 Å². The molecule has 0 unspecified atom stereocenters. The molecule has 0 bridgehead atoms. The molecule has 0 heterocycles. The molecule has 0 N–H and O–H groups in total. The molecular weight excluding hydrogens is 157 g/mol. The van der Waals surface area contributed by atoms with E-state index in [1.165, 1.54) is 12.1 Å². The number of benzene rings is 1. The van der Waals surface area contributed by atoms with Crippen LogP contribution in [0.3, 0.4) is 0 Å². The van der Waals surface area contributed by atoms with Gasteiger partial charge in [-0.2, -0.15) is 3.94 Å². The quantitative estimate of drug-likeness (QED) is 0.578. The van der Waals surface area contributed by atoms with Crippen LogP contribution in [0.25, 0.3) is 0 Å². The number of para-hydroxylation sites is 1. The van der Waals surface area contributed by atoms with Crippen LogP contribution in [0.1, 0.15) is 4.11 Å². The van der Waals surface area contributed by atoms with Crippen molar-refractivity contribution in [1.29, 1.82) is 0 Å². The van der Waals surface area contributed by atoms with Crippen molar-refractivity contribution in [2.45, 2.75) is 0 Å². The molecule has 0 spiro atoms. The second-order valence-electron chi connectivity index (χ2n) is 1.35. The molecule has 0 atom stereocenters. The van der Waals surface area contributed by atoms with Crippen LogP contribution in [-0.4, -0.2) is 0 Å². The summed E-state index contributed by atoms with van der Waals surface area (Å²) >= 11 is 10.7. The molecule has 1 nitrogen and oxygen atoms in total. The normalized spacial score (nSPS) is 13.8. The molecular formula is C6H5Cl2N. The Balaban J connectivity index is 3.27. The smallest absolute Gasteiger partial charge is 0.0709 e. The Bertz CT molecular complexity index is 303. The molecule has 0 saturated heterocycles. The molecule has 9 heavy (non-hydrogen) atoms. The first-order chi connectivity index (χ1) is 5.54. The SMILES string of the molecule is [2H]c1ccc(N(Cl)Cl)c([2H])c1[2H]. The summed E-state index contributed by atoms with van der Waals surface area (Å²) in [6.45, 7) is 0. The molecule has 0 saturated carbocycles. The van der Waals surface area contributed by atoms with Crippen LogP contribution in [-0.2, 0) is 0 Å². The number of hydrogen-bond donors (Lipinski definition) is 0. The topological polar surface area (TPSA) is 3.24 Å². The minimum Gasteiger partial charge on any atom is -0.194 e. The van der Waals surface area contributed by atoms with E-state index >= 15 is 0 Å². The molecule has 0 amide bonds. The van der Waals surface area contributed by atoms with Crippen molar-refractivity contribution in [3.63, 3.8) is 0 Å². The highest BCUT2D eigenvalue weighted by atomic mass is 35.5. The van der Waals surface area contributed by atoms with Gasteiger partial charge in [-0.1, -0.05) is 18.2 Å². The number of halogens is 2. The van der Waals surface area contributed by atoms with Gasteiger partial charge in [0.25, 0.3) is 0 Å². The number of hydrogen-bond acceptors (Lipinski definition) is 1. The lowest BCUT2D eigenvalue weighted by atomic mass is 10.3. The molecule has 1 rings (SSSR count). The first kappa shape index (κ1) is 3.69. The molecule has 48 valence electrons.